The highest BCUT2D eigenvalue weighted by Crippen LogP contribution is 2.33. The lowest BCUT2D eigenvalue weighted by atomic mass is 9.96. The molecule has 3 aliphatic rings. The van der Waals surface area contributed by atoms with Crippen molar-refractivity contribution in [3.8, 4) is 0 Å². The zero-order chi connectivity index (χ0) is 61.2. The van der Waals surface area contributed by atoms with Gasteiger partial charge in [-0.2, -0.15) is 0 Å². The van der Waals surface area contributed by atoms with Crippen LogP contribution in [0.2, 0.25) is 0 Å². The summed E-state index contributed by atoms with van der Waals surface area (Å²) in [4.78, 5) is 13.2. The van der Waals surface area contributed by atoms with Crippen LogP contribution < -0.4 is 5.32 Å². The molecule has 0 saturated carbocycles. The van der Waals surface area contributed by atoms with Crippen LogP contribution >= 0.6 is 0 Å². The number of carbonyl (C=O) groups is 1. The van der Waals surface area contributed by atoms with Crippen molar-refractivity contribution in [2.24, 2.45) is 0 Å². The smallest absolute Gasteiger partial charge is 0.220 e. The van der Waals surface area contributed by atoms with Crippen LogP contribution in [0.5, 0.6) is 0 Å². The molecule has 3 heterocycles. The van der Waals surface area contributed by atoms with Crippen LogP contribution in [0, 0.1) is 0 Å². The van der Waals surface area contributed by atoms with E-state index in [1.807, 2.05) is 13.0 Å². The first-order chi connectivity index (χ1) is 40.8. The molecule has 1 amide bonds. The average Bonchev–Trinajstić information content (AvgIpc) is 3.36. The van der Waals surface area contributed by atoms with Gasteiger partial charge in [0.2, 0.25) is 5.91 Å². The Morgan fingerprint density at radius 2 is 0.798 bits per heavy atom. The second kappa shape index (κ2) is 47.7. The summed E-state index contributed by atoms with van der Waals surface area (Å²) < 4.78 is 34.0. The predicted molar refractivity (Wildman–Crippen MR) is 323 cm³/mol. The molecule has 3 fully saturated rings. The molecule has 0 aliphatic carbocycles. The lowest BCUT2D eigenvalue weighted by Gasteiger charge is -2.48. The van der Waals surface area contributed by atoms with E-state index in [2.05, 4.69) is 48.7 Å². The second-order valence-electron chi connectivity index (χ2n) is 23.6. The van der Waals surface area contributed by atoms with Gasteiger partial charge in [0.25, 0.3) is 0 Å². The number of ether oxygens (including phenoxy) is 6. The topological polar surface area (TPSA) is 307 Å². The van der Waals surface area contributed by atoms with Gasteiger partial charge < -0.3 is 89.9 Å². The quantitative estimate of drug-likeness (QED) is 0.0208. The van der Waals surface area contributed by atoms with Crippen molar-refractivity contribution in [1.29, 1.82) is 0 Å². The number of allylic oxidation sites excluding steroid dienone is 7. The third-order valence-corrected chi connectivity index (χ3v) is 16.4. The van der Waals surface area contributed by atoms with Crippen molar-refractivity contribution < 1.29 is 89.4 Å². The molecule has 0 aromatic rings. The van der Waals surface area contributed by atoms with Crippen LogP contribution in [0.15, 0.2) is 48.6 Å². The van der Waals surface area contributed by atoms with Gasteiger partial charge in [0.15, 0.2) is 18.9 Å². The molecule has 19 nitrogen and oxygen atoms in total. The lowest BCUT2D eigenvalue weighted by molar-refractivity contribution is -0.379. The van der Waals surface area contributed by atoms with Gasteiger partial charge in [0.05, 0.1) is 38.6 Å². The van der Waals surface area contributed by atoms with Gasteiger partial charge in [0, 0.05) is 6.42 Å². The minimum Gasteiger partial charge on any atom is -0.394 e. The van der Waals surface area contributed by atoms with Crippen molar-refractivity contribution in [1.82, 2.24) is 5.32 Å². The van der Waals surface area contributed by atoms with E-state index in [0.29, 0.717) is 12.8 Å². The van der Waals surface area contributed by atoms with Gasteiger partial charge >= 0.3 is 0 Å². The van der Waals surface area contributed by atoms with Crippen molar-refractivity contribution in [2.45, 2.75) is 330 Å². The summed E-state index contributed by atoms with van der Waals surface area (Å²) in [5.74, 6) is -0.284. The molecule has 84 heavy (non-hydrogen) atoms. The van der Waals surface area contributed by atoms with Crippen molar-refractivity contribution in [3.05, 3.63) is 48.6 Å². The Morgan fingerprint density at radius 3 is 1.25 bits per heavy atom. The summed E-state index contributed by atoms with van der Waals surface area (Å²) in [5.41, 5.74) is 0. The number of aliphatic hydroxyl groups is 11. The van der Waals surface area contributed by atoms with Gasteiger partial charge in [-0.3, -0.25) is 4.79 Å². The maximum atomic E-state index is 13.2. The predicted octanol–water partition coefficient (Wildman–Crippen LogP) is 7.43. The summed E-state index contributed by atoms with van der Waals surface area (Å²) in [6.45, 7) is 1.54. The van der Waals surface area contributed by atoms with Gasteiger partial charge in [-0.25, -0.2) is 0 Å². The molecule has 3 saturated heterocycles. The van der Waals surface area contributed by atoms with Gasteiger partial charge in [0.1, 0.15) is 73.2 Å². The molecule has 0 aromatic carbocycles. The first kappa shape index (κ1) is 76.0. The molecule has 17 atom stereocenters. The fourth-order valence-corrected chi connectivity index (χ4v) is 10.9. The van der Waals surface area contributed by atoms with E-state index < -0.39 is 124 Å². The molecular formula is C65H117NO18. The molecule has 12 N–H and O–H groups in total. The minimum atomic E-state index is -1.98. The van der Waals surface area contributed by atoms with Crippen molar-refractivity contribution in [2.75, 3.05) is 26.4 Å². The number of carbonyl (C=O) groups excluding carboxylic acids is 1. The molecule has 0 radical (unpaired) electrons. The highest BCUT2D eigenvalue weighted by atomic mass is 16.8. The summed E-state index contributed by atoms with van der Waals surface area (Å²) in [6, 6.07) is -0.968. The number of aliphatic hydroxyl groups excluding tert-OH is 11. The Morgan fingerprint density at radius 1 is 0.429 bits per heavy atom. The summed E-state index contributed by atoms with van der Waals surface area (Å²) in [6.07, 6.45) is 29.5. The molecule has 0 spiro atoms. The number of amides is 1. The van der Waals surface area contributed by atoms with Gasteiger partial charge in [-0.1, -0.05) is 217 Å². The normalized spacial score (nSPS) is 29.5. The Balaban J connectivity index is 1.25. The van der Waals surface area contributed by atoms with Crippen molar-refractivity contribution >= 4 is 5.91 Å². The highest BCUT2D eigenvalue weighted by molar-refractivity contribution is 5.76. The minimum absolute atomic E-state index is 0.242. The largest absolute Gasteiger partial charge is 0.394 e. The molecule has 0 aromatic heterocycles. The molecule has 0 bridgehead atoms. The Labute approximate surface area is 503 Å². The first-order valence-electron chi connectivity index (χ1n) is 32.9. The van der Waals surface area contributed by atoms with Crippen LogP contribution in [0.1, 0.15) is 226 Å². The molecule has 17 unspecified atom stereocenters. The van der Waals surface area contributed by atoms with E-state index in [1.54, 1.807) is 6.08 Å². The van der Waals surface area contributed by atoms with E-state index in [-0.39, 0.29) is 18.9 Å². The van der Waals surface area contributed by atoms with Crippen LogP contribution in [0.25, 0.3) is 0 Å². The van der Waals surface area contributed by atoms with E-state index >= 15 is 0 Å². The third kappa shape index (κ3) is 30.3. The standard InChI is InChI=1S/C65H117NO18/c1-3-5-7-9-10-11-12-13-14-15-16-17-18-19-20-21-22-23-24-25-26-27-28-29-30-31-32-33-34-35-36-37-38-39-41-43-53(71)66-48(49(70)42-40-8-6-4-2)47-79-63-59(77)56(74)61(51(45-68)81-63)84-65-60(78)57(75)62(52(46-69)82-65)83-64-58(76)55(73)54(72)50(44-67)80-64/h12-13,15-16,18-19,40,42,48-52,54-65,67-70,72-78H,3-11,14,17,20-39,41,43-47H2,1-2H3,(H,66,71)/b13-12-,16-15-,19-18-,42-40+. The van der Waals surface area contributed by atoms with E-state index in [1.165, 1.54) is 148 Å². The fraction of sp³-hybridized carbons (Fsp3) is 0.862. The van der Waals surface area contributed by atoms with E-state index in [0.717, 1.165) is 44.9 Å². The Kier molecular flexibility index (Phi) is 43.2. The van der Waals surface area contributed by atoms with Crippen LogP contribution in [-0.2, 0) is 33.2 Å². The number of hydrogen-bond acceptors (Lipinski definition) is 18. The number of hydrogen-bond donors (Lipinski definition) is 12. The molecule has 19 heteroatoms. The van der Waals surface area contributed by atoms with E-state index in [9.17, 15) is 61.0 Å². The first-order valence-corrected chi connectivity index (χ1v) is 32.9. The summed E-state index contributed by atoms with van der Waals surface area (Å²) >= 11 is 0. The number of unbranched alkanes of at least 4 members (excludes halogenated alkanes) is 27. The van der Waals surface area contributed by atoms with Crippen LogP contribution in [0.4, 0.5) is 0 Å². The third-order valence-electron chi connectivity index (χ3n) is 16.4. The second-order valence-corrected chi connectivity index (χ2v) is 23.6. The average molecular weight is 1200 g/mol. The maximum Gasteiger partial charge on any atom is 0.220 e. The van der Waals surface area contributed by atoms with Crippen LogP contribution in [0.3, 0.4) is 0 Å². The van der Waals surface area contributed by atoms with Crippen molar-refractivity contribution in [3.63, 3.8) is 0 Å². The number of rotatable bonds is 49. The van der Waals surface area contributed by atoms with Gasteiger partial charge in [-0.05, 0) is 51.4 Å². The Hall–Kier alpha value is -2.25. The maximum absolute atomic E-state index is 13.2. The molecular weight excluding hydrogens is 1080 g/mol. The molecule has 3 aliphatic heterocycles. The van der Waals surface area contributed by atoms with Gasteiger partial charge in [-0.15, -0.1) is 0 Å². The molecule has 3 rings (SSSR count). The summed E-state index contributed by atoms with van der Waals surface area (Å²) in [7, 11) is 0. The van der Waals surface area contributed by atoms with E-state index in [4.69, 9.17) is 28.4 Å². The molecule has 490 valence electrons. The Bertz CT molecular complexity index is 1720. The fourth-order valence-electron chi connectivity index (χ4n) is 10.9. The van der Waals surface area contributed by atoms with Crippen LogP contribution in [-0.4, -0.2) is 193 Å². The number of nitrogens with one attached hydrogen (secondary N) is 1. The zero-order valence-electron chi connectivity index (χ0n) is 51.4. The monoisotopic (exact) mass is 1200 g/mol. The highest BCUT2D eigenvalue weighted by Gasteiger charge is 2.53. The zero-order valence-corrected chi connectivity index (χ0v) is 51.4. The lowest BCUT2D eigenvalue weighted by Crippen LogP contribution is -2.66. The SMILES string of the molecule is CCCC/C=C/C(O)C(COC1OC(CO)C(OC2OC(CO)C(OC3OC(CO)C(O)C(O)C3O)C(O)C2O)C(O)C1O)NC(=O)CCCCCCCCCCCCCCCCCCCCCC/C=C\C/C=C\C/C=C\CCCCCCC. The summed E-state index contributed by atoms with van der Waals surface area (Å²) in [5, 5.41) is 119.